The number of carboxylic acid groups (broad SMARTS) is 1. The predicted molar refractivity (Wildman–Crippen MR) is 113 cm³/mol. The summed E-state index contributed by atoms with van der Waals surface area (Å²) in [5, 5.41) is 11.6. The molecule has 2 heterocycles. The molecule has 2 fully saturated rings. The lowest BCUT2D eigenvalue weighted by Crippen LogP contribution is -2.48. The molecule has 2 aliphatic heterocycles. The van der Waals surface area contributed by atoms with Gasteiger partial charge in [-0.1, -0.05) is 0 Å². The van der Waals surface area contributed by atoms with E-state index in [2.05, 4.69) is 5.32 Å². The molecule has 2 N–H and O–H groups in total. The summed E-state index contributed by atoms with van der Waals surface area (Å²) >= 11 is 0. The summed E-state index contributed by atoms with van der Waals surface area (Å²) in [5.74, 6) is -8.77. The molecule has 180 valence electrons. The first kappa shape index (κ1) is 23.7. The Bertz CT molecular complexity index is 1170. The number of rotatable bonds is 5. The van der Waals surface area contributed by atoms with Crippen LogP contribution in [-0.2, 0) is 16.0 Å². The van der Waals surface area contributed by atoms with Gasteiger partial charge in [0, 0.05) is 23.3 Å². The van der Waals surface area contributed by atoms with Crippen molar-refractivity contribution in [3.63, 3.8) is 0 Å². The monoisotopic (exact) mass is 478 g/mol. The molecule has 0 aromatic heterocycles. The zero-order valence-corrected chi connectivity index (χ0v) is 18.2. The zero-order chi connectivity index (χ0) is 24.7. The quantitative estimate of drug-likeness (QED) is 0.498. The number of nitrogens with zero attached hydrogens (tertiary/aromatic N) is 1. The molecule has 6 nitrogen and oxygen atoms in total. The van der Waals surface area contributed by atoms with E-state index in [1.54, 1.807) is 0 Å². The number of hydrogen-bond acceptors (Lipinski definition) is 3. The zero-order valence-electron chi connectivity index (χ0n) is 18.2. The van der Waals surface area contributed by atoms with Crippen molar-refractivity contribution in [2.75, 3.05) is 5.32 Å². The van der Waals surface area contributed by atoms with Crippen molar-refractivity contribution in [1.82, 2.24) is 4.90 Å². The van der Waals surface area contributed by atoms with Gasteiger partial charge in [0.15, 0.2) is 17.5 Å². The molecule has 0 saturated carbocycles. The number of hydrogen-bond donors (Lipinski definition) is 2. The molecule has 0 spiro atoms. The van der Waals surface area contributed by atoms with Crippen molar-refractivity contribution in [2.24, 2.45) is 5.92 Å². The van der Waals surface area contributed by atoms with Gasteiger partial charge in [0.05, 0.1) is 17.9 Å². The fraction of sp³-hybridized carbons (Fsp3) is 0.375. The fourth-order valence-corrected chi connectivity index (χ4v) is 4.91. The molecule has 2 aromatic rings. The average Bonchev–Trinajstić information content (AvgIpc) is 3.05. The van der Waals surface area contributed by atoms with Gasteiger partial charge < -0.3 is 15.3 Å². The Morgan fingerprint density at radius 3 is 2.24 bits per heavy atom. The number of anilines is 1. The summed E-state index contributed by atoms with van der Waals surface area (Å²) < 4.78 is 56.6. The maximum absolute atomic E-state index is 14.5. The highest BCUT2D eigenvalue weighted by atomic mass is 19.2. The topological polar surface area (TPSA) is 86.7 Å². The van der Waals surface area contributed by atoms with Crippen LogP contribution < -0.4 is 5.32 Å². The van der Waals surface area contributed by atoms with Gasteiger partial charge in [0.2, 0.25) is 5.91 Å². The van der Waals surface area contributed by atoms with Crippen LogP contribution >= 0.6 is 0 Å². The van der Waals surface area contributed by atoms with Crippen molar-refractivity contribution >= 4 is 23.5 Å². The summed E-state index contributed by atoms with van der Waals surface area (Å²) in [7, 11) is 0. The Balaban J connectivity index is 1.56. The lowest BCUT2D eigenvalue weighted by atomic mass is 9.90. The van der Waals surface area contributed by atoms with E-state index < -0.39 is 64.5 Å². The molecule has 0 radical (unpaired) electrons. The molecule has 34 heavy (non-hydrogen) atoms. The molecule has 2 aliphatic rings. The number of amides is 2. The van der Waals surface area contributed by atoms with Crippen LogP contribution in [0, 0.1) is 36.1 Å². The van der Waals surface area contributed by atoms with Gasteiger partial charge >= 0.3 is 5.97 Å². The first-order valence-electron chi connectivity index (χ1n) is 10.8. The number of benzene rings is 2. The van der Waals surface area contributed by atoms with Gasteiger partial charge in [-0.3, -0.25) is 14.4 Å². The van der Waals surface area contributed by atoms with Crippen LogP contribution in [0.15, 0.2) is 24.3 Å². The van der Waals surface area contributed by atoms with E-state index in [9.17, 15) is 37.1 Å². The van der Waals surface area contributed by atoms with Crippen LogP contribution in [0.4, 0.5) is 23.2 Å². The number of nitrogens with one attached hydrogen (secondary N) is 1. The van der Waals surface area contributed by atoms with Crippen LogP contribution in [0.5, 0.6) is 0 Å². The third-order valence-corrected chi connectivity index (χ3v) is 6.59. The molecular weight excluding hydrogens is 456 g/mol. The Labute approximate surface area is 192 Å². The average molecular weight is 478 g/mol. The standard InChI is InChI=1S/C24H22F4N2O4/c1-11-6-14(2-5-18(11)25)29-23(32)17-9-12(20(26)22(28)21(17)27)10-19(31)30-15-3-4-16(30)8-13(7-15)24(33)34/h2,5-6,9,13,15-16H,3-4,7-8,10H2,1H3,(H,29,32)(H,33,34). The van der Waals surface area contributed by atoms with Crippen LogP contribution in [0.1, 0.15) is 47.2 Å². The molecule has 4 rings (SSSR count). The maximum Gasteiger partial charge on any atom is 0.306 e. The maximum atomic E-state index is 14.5. The minimum absolute atomic E-state index is 0.128. The summed E-state index contributed by atoms with van der Waals surface area (Å²) in [5.41, 5.74) is -0.931. The minimum Gasteiger partial charge on any atom is -0.481 e. The minimum atomic E-state index is -1.88. The van der Waals surface area contributed by atoms with E-state index in [1.165, 1.54) is 24.0 Å². The number of halogens is 4. The number of aliphatic carboxylic acids is 1. The SMILES string of the molecule is Cc1cc(NC(=O)c2cc(CC(=O)N3C4CCC3CC(C(=O)O)C4)c(F)c(F)c2F)ccc1F. The van der Waals surface area contributed by atoms with Gasteiger partial charge in [0.1, 0.15) is 5.82 Å². The Morgan fingerprint density at radius 1 is 1.00 bits per heavy atom. The van der Waals surface area contributed by atoms with E-state index in [4.69, 9.17) is 0 Å². The number of carboxylic acids is 1. The van der Waals surface area contributed by atoms with Crippen LogP contribution in [0.3, 0.4) is 0 Å². The summed E-state index contributed by atoms with van der Waals surface area (Å²) in [6.45, 7) is 1.46. The smallest absolute Gasteiger partial charge is 0.306 e. The number of fused-ring (bicyclic) bond motifs is 2. The van der Waals surface area contributed by atoms with Gasteiger partial charge in [-0.05, 0) is 62.4 Å². The van der Waals surface area contributed by atoms with Crippen molar-refractivity contribution in [2.45, 2.75) is 51.1 Å². The van der Waals surface area contributed by atoms with E-state index in [-0.39, 0.29) is 36.2 Å². The summed E-state index contributed by atoms with van der Waals surface area (Å²) in [6, 6.07) is 3.79. The summed E-state index contributed by atoms with van der Waals surface area (Å²) in [6.07, 6.45) is 1.19. The largest absolute Gasteiger partial charge is 0.481 e. The number of piperidine rings is 1. The summed E-state index contributed by atoms with van der Waals surface area (Å²) in [4.78, 5) is 38.4. The second-order valence-corrected chi connectivity index (χ2v) is 8.81. The lowest BCUT2D eigenvalue weighted by molar-refractivity contribution is -0.148. The lowest BCUT2D eigenvalue weighted by Gasteiger charge is -2.37. The molecular formula is C24H22F4N2O4. The van der Waals surface area contributed by atoms with E-state index in [0.717, 1.165) is 12.1 Å². The van der Waals surface area contributed by atoms with Crippen LogP contribution in [-0.4, -0.2) is 39.9 Å². The highest BCUT2D eigenvalue weighted by molar-refractivity contribution is 6.04. The Morgan fingerprint density at radius 2 is 1.65 bits per heavy atom. The normalized spacial score (nSPS) is 21.4. The highest BCUT2D eigenvalue weighted by Crippen LogP contribution is 2.39. The molecule has 2 bridgehead atoms. The number of aryl methyl sites for hydroxylation is 1. The molecule has 2 aromatic carbocycles. The van der Waals surface area contributed by atoms with Crippen molar-refractivity contribution in [3.05, 3.63) is 64.2 Å². The predicted octanol–water partition coefficient (Wildman–Crippen LogP) is 4.20. The number of carbonyl (C=O) groups excluding carboxylic acids is 2. The van der Waals surface area contributed by atoms with Crippen molar-refractivity contribution in [1.29, 1.82) is 0 Å². The molecule has 0 aliphatic carbocycles. The van der Waals surface area contributed by atoms with Crippen molar-refractivity contribution < 1.29 is 37.1 Å². The van der Waals surface area contributed by atoms with Crippen molar-refractivity contribution in [3.8, 4) is 0 Å². The second kappa shape index (κ2) is 9.08. The van der Waals surface area contributed by atoms with E-state index in [1.807, 2.05) is 0 Å². The van der Waals surface area contributed by atoms with Gasteiger partial charge in [-0.2, -0.15) is 0 Å². The number of carbonyl (C=O) groups is 3. The Kier molecular flexibility index (Phi) is 6.33. The van der Waals surface area contributed by atoms with Gasteiger partial charge in [-0.15, -0.1) is 0 Å². The molecule has 10 heteroatoms. The van der Waals surface area contributed by atoms with Gasteiger partial charge in [0.25, 0.3) is 5.91 Å². The van der Waals surface area contributed by atoms with Crippen LogP contribution in [0.25, 0.3) is 0 Å². The van der Waals surface area contributed by atoms with E-state index >= 15 is 0 Å². The third-order valence-electron chi connectivity index (χ3n) is 6.59. The fourth-order valence-electron chi connectivity index (χ4n) is 4.91. The Hall–Kier alpha value is -3.43. The molecule has 2 unspecified atom stereocenters. The van der Waals surface area contributed by atoms with Crippen LogP contribution in [0.2, 0.25) is 0 Å². The molecule has 2 atom stereocenters. The first-order valence-corrected chi connectivity index (χ1v) is 10.8. The third kappa shape index (κ3) is 4.36. The molecule has 2 amide bonds. The highest BCUT2D eigenvalue weighted by Gasteiger charge is 2.45. The second-order valence-electron chi connectivity index (χ2n) is 8.81. The first-order chi connectivity index (χ1) is 16.1. The molecule has 2 saturated heterocycles. The van der Waals surface area contributed by atoms with Gasteiger partial charge in [-0.25, -0.2) is 17.6 Å². The van der Waals surface area contributed by atoms with E-state index in [0.29, 0.717) is 12.8 Å².